The SMILES string of the molecule is CCC(/C=C\CN(c1cc(C)cc(C)c1)c1cccc2c1SC1C=[Si]C(CC(C)(C)C)=CC21)C(C)(C)C. The number of benzene rings is 2. The van der Waals surface area contributed by atoms with E-state index in [0.717, 1.165) is 15.7 Å². The lowest BCUT2D eigenvalue weighted by atomic mass is 9.79. The van der Waals surface area contributed by atoms with Crippen LogP contribution in [0.4, 0.5) is 11.4 Å². The number of anilines is 2. The van der Waals surface area contributed by atoms with Gasteiger partial charge in [0.25, 0.3) is 0 Å². The van der Waals surface area contributed by atoms with Crippen LogP contribution in [0.15, 0.2) is 64.7 Å². The molecule has 0 fully saturated rings. The van der Waals surface area contributed by atoms with Crippen molar-refractivity contribution in [3.05, 3.63) is 76.5 Å². The molecule has 197 valence electrons. The lowest BCUT2D eigenvalue weighted by Crippen LogP contribution is -2.20. The van der Waals surface area contributed by atoms with Crippen LogP contribution < -0.4 is 4.90 Å². The second-order valence-corrected chi connectivity index (χ2v) is 15.8. The standard InChI is InChI=1S/C34H46NSSi/c1-10-25(34(7,8)9)13-12-16-35(26-18-23(2)17-24(3)19-26)30-15-11-14-28-29-20-27(21-33(4,5)6)37-22-31(29)36-32(28)30/h11-15,17-20,22,25,29,31H,10,16,21H2,1-9H3/b13-12-. The third kappa shape index (κ3) is 6.78. The first-order valence-corrected chi connectivity index (χ1v) is 15.9. The molecule has 0 aliphatic carbocycles. The quantitative estimate of drug-likeness (QED) is 0.260. The highest BCUT2D eigenvalue weighted by Crippen LogP contribution is 2.52. The Kier molecular flexibility index (Phi) is 8.45. The zero-order chi connectivity index (χ0) is 27.0. The van der Waals surface area contributed by atoms with Crippen LogP contribution in [-0.2, 0) is 0 Å². The molecule has 0 saturated heterocycles. The number of fused-ring (bicyclic) bond motifs is 3. The van der Waals surface area contributed by atoms with Gasteiger partial charge in [-0.15, -0.1) is 11.8 Å². The van der Waals surface area contributed by atoms with Crippen LogP contribution in [0.25, 0.3) is 0 Å². The van der Waals surface area contributed by atoms with Crippen molar-refractivity contribution in [1.82, 2.24) is 0 Å². The lowest BCUT2D eigenvalue weighted by Gasteiger charge is -2.29. The van der Waals surface area contributed by atoms with Crippen LogP contribution in [-0.4, -0.2) is 26.6 Å². The molecule has 2 aliphatic heterocycles. The van der Waals surface area contributed by atoms with Gasteiger partial charge in [0, 0.05) is 28.3 Å². The molecule has 3 unspecified atom stereocenters. The Morgan fingerprint density at radius 3 is 2.35 bits per heavy atom. The average molecular weight is 529 g/mol. The Bertz CT molecular complexity index is 1190. The summed E-state index contributed by atoms with van der Waals surface area (Å²) in [6, 6.07) is 14.0. The smallest absolute Gasteiger partial charge is 0.0555 e. The molecule has 1 radical (unpaired) electrons. The summed E-state index contributed by atoms with van der Waals surface area (Å²) in [5.74, 6) is 1.08. The van der Waals surface area contributed by atoms with Gasteiger partial charge in [0.15, 0.2) is 0 Å². The topological polar surface area (TPSA) is 3.24 Å². The second kappa shape index (κ2) is 11.1. The third-order valence-electron chi connectivity index (χ3n) is 7.54. The molecule has 0 N–H and O–H groups in total. The van der Waals surface area contributed by atoms with E-state index in [9.17, 15) is 0 Å². The molecular formula is C34H46NSSi. The van der Waals surface area contributed by atoms with Crippen molar-refractivity contribution in [1.29, 1.82) is 0 Å². The van der Waals surface area contributed by atoms with Crippen molar-refractivity contribution in [2.45, 2.75) is 91.2 Å². The molecule has 0 bridgehead atoms. The first-order valence-electron chi connectivity index (χ1n) is 14.0. The van der Waals surface area contributed by atoms with E-state index >= 15 is 0 Å². The number of nitrogens with zero attached hydrogens (tertiary/aromatic N) is 1. The summed E-state index contributed by atoms with van der Waals surface area (Å²) in [5.41, 5.74) is 10.0. The van der Waals surface area contributed by atoms with E-state index in [1.165, 1.54) is 45.8 Å². The maximum Gasteiger partial charge on any atom is 0.0555 e. The number of aryl methyl sites for hydroxylation is 2. The molecule has 0 saturated carbocycles. The Labute approximate surface area is 233 Å². The minimum atomic E-state index is 0.281. The fourth-order valence-electron chi connectivity index (χ4n) is 5.81. The maximum absolute atomic E-state index is 2.62. The minimum Gasteiger partial charge on any atom is -0.337 e. The van der Waals surface area contributed by atoms with Crippen molar-refractivity contribution in [2.24, 2.45) is 16.7 Å². The molecule has 0 amide bonds. The Morgan fingerprint density at radius 2 is 1.73 bits per heavy atom. The summed E-state index contributed by atoms with van der Waals surface area (Å²) < 4.78 is 0. The molecule has 3 heteroatoms. The number of allylic oxidation sites excluding steroid dienone is 3. The molecule has 2 heterocycles. The Hall–Kier alpha value is -1.84. The van der Waals surface area contributed by atoms with Crippen molar-refractivity contribution < 1.29 is 0 Å². The van der Waals surface area contributed by atoms with Gasteiger partial charge in [0.2, 0.25) is 0 Å². The van der Waals surface area contributed by atoms with Gasteiger partial charge < -0.3 is 4.90 Å². The third-order valence-corrected chi connectivity index (χ3v) is 10.4. The molecule has 2 aromatic rings. The van der Waals surface area contributed by atoms with Crippen LogP contribution in [0.3, 0.4) is 0 Å². The normalized spacial score (nSPS) is 20.1. The Morgan fingerprint density at radius 1 is 1.03 bits per heavy atom. The van der Waals surface area contributed by atoms with Crippen LogP contribution in [0.5, 0.6) is 0 Å². The minimum absolute atomic E-state index is 0.281. The molecule has 1 nitrogen and oxygen atoms in total. The van der Waals surface area contributed by atoms with E-state index in [2.05, 4.69) is 139 Å². The van der Waals surface area contributed by atoms with E-state index < -0.39 is 0 Å². The van der Waals surface area contributed by atoms with Crippen molar-refractivity contribution >= 4 is 37.9 Å². The van der Waals surface area contributed by atoms with Crippen molar-refractivity contribution in [3.63, 3.8) is 0 Å². The largest absolute Gasteiger partial charge is 0.337 e. The molecule has 37 heavy (non-hydrogen) atoms. The van der Waals surface area contributed by atoms with Gasteiger partial charge >= 0.3 is 0 Å². The maximum atomic E-state index is 2.62. The highest BCUT2D eigenvalue weighted by molar-refractivity contribution is 8.01. The van der Waals surface area contributed by atoms with Gasteiger partial charge in [0.1, 0.15) is 0 Å². The van der Waals surface area contributed by atoms with E-state index in [1.807, 2.05) is 0 Å². The molecule has 2 aliphatic rings. The van der Waals surface area contributed by atoms with Gasteiger partial charge in [-0.1, -0.05) is 95.8 Å². The number of hydrogen-bond acceptors (Lipinski definition) is 2. The van der Waals surface area contributed by atoms with Crippen molar-refractivity contribution in [2.75, 3.05) is 11.4 Å². The van der Waals surface area contributed by atoms with Crippen LogP contribution >= 0.6 is 11.8 Å². The summed E-state index contributed by atoms with van der Waals surface area (Å²) in [6.07, 6.45) is 9.85. The van der Waals surface area contributed by atoms with E-state index in [-0.39, 0.29) is 5.41 Å². The Balaban J connectivity index is 1.73. The predicted molar refractivity (Wildman–Crippen MR) is 168 cm³/mol. The summed E-state index contributed by atoms with van der Waals surface area (Å²) in [5, 5.41) is 2.19. The number of thioether (sulfide) groups is 1. The van der Waals surface area contributed by atoms with Gasteiger partial charge in [-0.3, -0.25) is 0 Å². The zero-order valence-electron chi connectivity index (χ0n) is 24.5. The van der Waals surface area contributed by atoms with E-state index in [0.29, 0.717) is 22.5 Å². The molecule has 3 atom stereocenters. The monoisotopic (exact) mass is 528 g/mol. The molecule has 0 spiro atoms. The molecule has 2 aromatic carbocycles. The van der Waals surface area contributed by atoms with Crippen molar-refractivity contribution in [3.8, 4) is 0 Å². The number of hydrogen-bond donors (Lipinski definition) is 0. The summed E-state index contributed by atoms with van der Waals surface area (Å²) in [7, 11) is 0.850. The molecular weight excluding hydrogens is 483 g/mol. The fourth-order valence-corrected chi connectivity index (χ4v) is 9.06. The second-order valence-electron chi connectivity index (χ2n) is 13.3. The molecule has 0 aromatic heterocycles. The first-order chi connectivity index (χ1) is 17.4. The number of rotatable bonds is 7. The van der Waals surface area contributed by atoms with Gasteiger partial charge in [-0.2, -0.15) is 0 Å². The van der Waals surface area contributed by atoms with Gasteiger partial charge in [-0.05, 0) is 78.3 Å². The van der Waals surface area contributed by atoms with E-state index in [4.69, 9.17) is 0 Å². The highest BCUT2D eigenvalue weighted by atomic mass is 32.2. The predicted octanol–water partition coefficient (Wildman–Crippen LogP) is 9.47. The highest BCUT2D eigenvalue weighted by Gasteiger charge is 2.35. The van der Waals surface area contributed by atoms with Gasteiger partial charge in [-0.25, -0.2) is 0 Å². The fraction of sp³-hybridized carbons (Fsp3) is 0.500. The van der Waals surface area contributed by atoms with Crippen LogP contribution in [0.1, 0.15) is 83.9 Å². The first kappa shape index (κ1) is 28.2. The summed E-state index contributed by atoms with van der Waals surface area (Å²) in [4.78, 5) is 4.03. The average Bonchev–Trinajstić information content (AvgIpc) is 3.15. The zero-order valence-corrected chi connectivity index (χ0v) is 26.3. The summed E-state index contributed by atoms with van der Waals surface area (Å²) >= 11 is 2.09. The summed E-state index contributed by atoms with van der Waals surface area (Å²) in [6.45, 7) is 21.8. The lowest BCUT2D eigenvalue weighted by molar-refractivity contribution is 0.285. The van der Waals surface area contributed by atoms with E-state index in [1.54, 1.807) is 5.20 Å². The molecule has 4 rings (SSSR count). The van der Waals surface area contributed by atoms with Crippen LogP contribution in [0, 0.1) is 30.6 Å². The van der Waals surface area contributed by atoms with Gasteiger partial charge in [0.05, 0.1) is 14.8 Å². The van der Waals surface area contributed by atoms with Crippen LogP contribution in [0.2, 0.25) is 0 Å².